The van der Waals surface area contributed by atoms with E-state index in [0.29, 0.717) is 23.5 Å². The minimum atomic E-state index is -0.651. The summed E-state index contributed by atoms with van der Waals surface area (Å²) in [6, 6.07) is 2.45. The first-order valence-electron chi connectivity index (χ1n) is 9.23. The number of carbonyl (C=O) groups excluding carboxylic acids is 1. The van der Waals surface area contributed by atoms with Crippen LogP contribution < -0.4 is 0 Å². The topological polar surface area (TPSA) is 105 Å². The number of carbonyl (C=O) groups is 1. The van der Waals surface area contributed by atoms with Crippen LogP contribution in [0.5, 0.6) is 5.75 Å². The summed E-state index contributed by atoms with van der Waals surface area (Å²) in [4.78, 5) is 31.1. The van der Waals surface area contributed by atoms with Crippen LogP contribution in [-0.2, 0) is 17.7 Å². The van der Waals surface area contributed by atoms with Crippen LogP contribution in [0, 0.1) is 10.1 Å². The molecule has 0 bridgehead atoms. The van der Waals surface area contributed by atoms with Crippen LogP contribution >= 0.6 is 27.3 Å². The van der Waals surface area contributed by atoms with E-state index in [-0.39, 0.29) is 21.5 Å². The molecule has 0 amide bonds. The van der Waals surface area contributed by atoms with E-state index in [1.54, 1.807) is 20.8 Å². The van der Waals surface area contributed by atoms with Crippen molar-refractivity contribution < 1.29 is 19.6 Å². The second kappa shape index (κ2) is 8.44. The highest BCUT2D eigenvalue weighted by atomic mass is 79.9. The lowest BCUT2D eigenvalue weighted by molar-refractivity contribution is -0.385. The summed E-state index contributed by atoms with van der Waals surface area (Å²) in [7, 11) is 2.01. The van der Waals surface area contributed by atoms with Crippen molar-refractivity contribution in [3.63, 3.8) is 0 Å². The number of aliphatic imine (C=N–C) groups is 1. The molecule has 0 saturated heterocycles. The highest BCUT2D eigenvalue weighted by molar-refractivity contribution is 9.10. The zero-order chi connectivity index (χ0) is 22.2. The monoisotopic (exact) mass is 495 g/mol. The SMILES string of the molecule is CN1CCc2c(sc(N=Cc3cc([N+](=O)[O-])cc(Br)c3O)c2C(=O)OC(C)(C)C)C1. The number of ether oxygens (including phenoxy) is 1. The van der Waals surface area contributed by atoms with E-state index in [1.165, 1.54) is 29.7 Å². The minimum Gasteiger partial charge on any atom is -0.506 e. The quantitative estimate of drug-likeness (QED) is 0.282. The number of nitro benzene ring substituents is 1. The number of aromatic hydroxyl groups is 1. The van der Waals surface area contributed by atoms with Gasteiger partial charge in [-0.15, -0.1) is 11.3 Å². The summed E-state index contributed by atoms with van der Waals surface area (Å²) in [6.45, 7) is 6.94. The molecule has 0 saturated carbocycles. The van der Waals surface area contributed by atoms with Crippen LogP contribution in [0.25, 0.3) is 0 Å². The van der Waals surface area contributed by atoms with E-state index in [4.69, 9.17) is 4.74 Å². The first-order valence-corrected chi connectivity index (χ1v) is 10.8. The molecule has 0 spiro atoms. The number of benzene rings is 1. The van der Waals surface area contributed by atoms with Gasteiger partial charge in [-0.3, -0.25) is 10.1 Å². The van der Waals surface area contributed by atoms with Gasteiger partial charge in [0.1, 0.15) is 16.4 Å². The molecule has 30 heavy (non-hydrogen) atoms. The van der Waals surface area contributed by atoms with Crippen molar-refractivity contribution in [3.05, 3.63) is 48.3 Å². The van der Waals surface area contributed by atoms with Gasteiger partial charge in [0, 0.05) is 41.9 Å². The van der Waals surface area contributed by atoms with Gasteiger partial charge >= 0.3 is 5.97 Å². The summed E-state index contributed by atoms with van der Waals surface area (Å²) < 4.78 is 5.79. The summed E-state index contributed by atoms with van der Waals surface area (Å²) in [5.74, 6) is -0.606. The maximum absolute atomic E-state index is 12.9. The standard InChI is InChI=1S/C20H22BrN3O5S/c1-20(2,3)29-19(26)16-13-5-6-23(4)10-15(13)30-18(16)22-9-11-7-12(24(27)28)8-14(21)17(11)25/h7-9,25H,5-6,10H2,1-4H3. The smallest absolute Gasteiger partial charge is 0.342 e. The molecular weight excluding hydrogens is 474 g/mol. The molecule has 0 atom stereocenters. The fourth-order valence-corrected chi connectivity index (χ4v) is 4.81. The Balaban J connectivity index is 2.06. The molecule has 160 valence electrons. The molecule has 1 aliphatic heterocycles. The van der Waals surface area contributed by atoms with Gasteiger partial charge in [0.15, 0.2) is 0 Å². The van der Waals surface area contributed by atoms with Crippen LogP contribution in [0.15, 0.2) is 21.6 Å². The zero-order valence-electron chi connectivity index (χ0n) is 17.1. The molecule has 2 heterocycles. The van der Waals surface area contributed by atoms with Gasteiger partial charge in [-0.25, -0.2) is 9.79 Å². The fraction of sp³-hybridized carbons (Fsp3) is 0.400. The van der Waals surface area contributed by atoms with Crippen LogP contribution in [0.4, 0.5) is 10.7 Å². The third kappa shape index (κ3) is 4.88. The van der Waals surface area contributed by atoms with Gasteiger partial charge in [0.25, 0.3) is 5.69 Å². The Bertz CT molecular complexity index is 1040. The number of phenols is 1. The van der Waals surface area contributed by atoms with E-state index in [2.05, 4.69) is 25.8 Å². The van der Waals surface area contributed by atoms with Gasteiger partial charge in [-0.05, 0) is 55.7 Å². The molecule has 1 aromatic carbocycles. The number of likely N-dealkylation sites (N-methyl/N-ethyl adjacent to an activating group) is 1. The Kier molecular flexibility index (Phi) is 6.30. The molecule has 0 fully saturated rings. The van der Waals surface area contributed by atoms with Crippen molar-refractivity contribution in [2.24, 2.45) is 4.99 Å². The van der Waals surface area contributed by atoms with Crippen molar-refractivity contribution in [2.75, 3.05) is 13.6 Å². The zero-order valence-corrected chi connectivity index (χ0v) is 19.5. The third-order valence-corrected chi connectivity index (χ3v) is 6.17. The average molecular weight is 496 g/mol. The molecule has 0 aliphatic carbocycles. The molecule has 0 unspecified atom stereocenters. The summed E-state index contributed by atoms with van der Waals surface area (Å²) in [5.41, 5.74) is 0.708. The van der Waals surface area contributed by atoms with Crippen molar-refractivity contribution in [1.29, 1.82) is 0 Å². The van der Waals surface area contributed by atoms with Gasteiger partial charge in [0.05, 0.1) is 15.0 Å². The Hall–Kier alpha value is -2.30. The predicted octanol–water partition coefficient (Wildman–Crippen LogP) is 4.82. The number of non-ortho nitro benzene ring substituents is 1. The van der Waals surface area contributed by atoms with Crippen LogP contribution in [0.3, 0.4) is 0 Å². The maximum atomic E-state index is 12.9. The number of nitro groups is 1. The second-order valence-electron chi connectivity index (χ2n) is 8.05. The van der Waals surface area contributed by atoms with E-state index in [0.717, 1.165) is 17.0 Å². The normalized spacial score (nSPS) is 14.7. The molecule has 1 N–H and O–H groups in total. The first kappa shape index (κ1) is 22.4. The Morgan fingerprint density at radius 2 is 2.13 bits per heavy atom. The van der Waals surface area contributed by atoms with Crippen molar-refractivity contribution >= 4 is 50.1 Å². The molecule has 10 heteroatoms. The number of nitrogens with zero attached hydrogens (tertiary/aromatic N) is 3. The van der Waals surface area contributed by atoms with E-state index in [1.807, 2.05) is 7.05 Å². The number of rotatable bonds is 4. The number of esters is 1. The van der Waals surface area contributed by atoms with E-state index < -0.39 is 16.5 Å². The molecule has 2 aromatic rings. The predicted molar refractivity (Wildman–Crippen MR) is 119 cm³/mol. The van der Waals surface area contributed by atoms with Crippen molar-refractivity contribution in [1.82, 2.24) is 4.90 Å². The lowest BCUT2D eigenvalue weighted by Gasteiger charge is -2.23. The van der Waals surface area contributed by atoms with Crippen LogP contribution in [0.1, 0.15) is 47.1 Å². The number of halogens is 1. The van der Waals surface area contributed by atoms with Crippen LogP contribution in [0.2, 0.25) is 0 Å². The first-order chi connectivity index (χ1) is 14.0. The second-order valence-corrected chi connectivity index (χ2v) is 9.99. The van der Waals surface area contributed by atoms with Crippen molar-refractivity contribution in [3.8, 4) is 5.75 Å². The minimum absolute atomic E-state index is 0.163. The molecule has 1 aliphatic rings. The summed E-state index contributed by atoms with van der Waals surface area (Å²) in [6.07, 6.45) is 2.04. The molecule has 0 radical (unpaired) electrons. The van der Waals surface area contributed by atoms with Gasteiger partial charge in [-0.1, -0.05) is 0 Å². The lowest BCUT2D eigenvalue weighted by Crippen LogP contribution is -2.28. The molecule has 3 rings (SSSR count). The highest BCUT2D eigenvalue weighted by Gasteiger charge is 2.30. The summed E-state index contributed by atoms with van der Waals surface area (Å²) in [5, 5.41) is 21.8. The Morgan fingerprint density at radius 1 is 1.43 bits per heavy atom. The fourth-order valence-electron chi connectivity index (χ4n) is 3.08. The van der Waals surface area contributed by atoms with Gasteiger partial charge < -0.3 is 14.7 Å². The highest BCUT2D eigenvalue weighted by Crippen LogP contribution is 2.40. The number of thiophene rings is 1. The largest absolute Gasteiger partial charge is 0.506 e. The summed E-state index contributed by atoms with van der Waals surface area (Å²) >= 11 is 4.51. The maximum Gasteiger partial charge on any atom is 0.342 e. The number of hydrogen-bond acceptors (Lipinski definition) is 8. The Morgan fingerprint density at radius 3 is 2.77 bits per heavy atom. The van der Waals surface area contributed by atoms with Crippen LogP contribution in [-0.4, -0.2) is 46.3 Å². The lowest BCUT2D eigenvalue weighted by atomic mass is 10.0. The van der Waals surface area contributed by atoms with Crippen molar-refractivity contribution in [2.45, 2.75) is 39.3 Å². The Labute approximate surface area is 186 Å². The van der Waals surface area contributed by atoms with Gasteiger partial charge in [0.2, 0.25) is 0 Å². The number of hydrogen-bond donors (Lipinski definition) is 1. The molecule has 8 nitrogen and oxygen atoms in total. The van der Waals surface area contributed by atoms with Gasteiger partial charge in [-0.2, -0.15) is 0 Å². The third-order valence-electron chi connectivity index (χ3n) is 4.44. The van der Waals surface area contributed by atoms with E-state index in [9.17, 15) is 20.0 Å². The average Bonchev–Trinajstić information content (AvgIpc) is 2.98. The molecular formula is C20H22BrN3O5S. The number of phenolic OH excluding ortho intramolecular Hbond substituents is 1. The molecule has 1 aromatic heterocycles. The van der Waals surface area contributed by atoms with E-state index >= 15 is 0 Å². The number of fused-ring (bicyclic) bond motifs is 1.